The minimum atomic E-state index is -2.58. The van der Waals surface area contributed by atoms with Gasteiger partial charge in [-0.05, 0) is 19.1 Å². The summed E-state index contributed by atoms with van der Waals surface area (Å²) < 4.78 is 23.1. The van der Waals surface area contributed by atoms with E-state index < -0.39 is 16.4 Å². The molecule has 0 aliphatic rings. The monoisotopic (exact) mass is 200 g/mol. The Morgan fingerprint density at radius 3 is 2.38 bits per heavy atom. The molecule has 0 saturated carbocycles. The van der Waals surface area contributed by atoms with E-state index in [0.717, 1.165) is 5.56 Å². The number of carbonyl (C=O) groups excluding carboxylic acids is 1. The smallest absolute Gasteiger partial charge is 0.415 e. The quantitative estimate of drug-likeness (QED) is 0.553. The average molecular weight is 200 g/mol. The molecule has 1 N–H and O–H groups in total. The van der Waals surface area contributed by atoms with Gasteiger partial charge < -0.3 is 4.74 Å². The average Bonchev–Trinajstić information content (AvgIpc) is 2.08. The molecular weight excluding hydrogens is 192 g/mol. The van der Waals surface area contributed by atoms with E-state index in [1.165, 1.54) is 0 Å². The lowest BCUT2D eigenvalue weighted by atomic mass is 10.2. The van der Waals surface area contributed by atoms with Crippen molar-refractivity contribution in [1.29, 1.82) is 0 Å². The summed E-state index contributed by atoms with van der Waals surface area (Å²) in [6, 6.07) is 6.59. The van der Waals surface area contributed by atoms with Gasteiger partial charge in [-0.2, -0.15) is 0 Å². The van der Waals surface area contributed by atoms with E-state index >= 15 is 0 Å². The highest BCUT2D eigenvalue weighted by Crippen LogP contribution is 2.12. The van der Waals surface area contributed by atoms with Gasteiger partial charge in [0, 0.05) is 0 Å². The van der Waals surface area contributed by atoms with E-state index in [9.17, 15) is 9.00 Å². The predicted octanol–water partition coefficient (Wildman–Crippen LogP) is 1.72. The highest BCUT2D eigenvalue weighted by molar-refractivity contribution is 7.94. The third-order valence-electron chi connectivity index (χ3n) is 1.36. The Hall–Kier alpha value is -1.20. The summed E-state index contributed by atoms with van der Waals surface area (Å²) in [7, 11) is 0. The first kappa shape index (κ1) is 9.88. The first-order chi connectivity index (χ1) is 6.09. The van der Waals surface area contributed by atoms with Crippen molar-refractivity contribution in [3.05, 3.63) is 29.8 Å². The second-order valence-corrected chi connectivity index (χ2v) is 3.25. The molecule has 5 heteroatoms. The van der Waals surface area contributed by atoms with Crippen LogP contribution in [0, 0.1) is 6.92 Å². The van der Waals surface area contributed by atoms with Crippen LogP contribution in [0.25, 0.3) is 0 Å². The fourth-order valence-corrected chi connectivity index (χ4v) is 0.906. The Balaban J connectivity index is 2.70. The van der Waals surface area contributed by atoms with E-state index in [0.29, 0.717) is 0 Å². The van der Waals surface area contributed by atoms with Crippen molar-refractivity contribution in [1.82, 2.24) is 0 Å². The van der Waals surface area contributed by atoms with Crippen molar-refractivity contribution in [2.24, 2.45) is 0 Å². The maximum absolute atomic E-state index is 10.6. The van der Waals surface area contributed by atoms with Gasteiger partial charge in [0.05, 0.1) is 0 Å². The first-order valence-corrected chi connectivity index (χ1v) is 4.59. The Bertz CT molecular complexity index is 331. The summed E-state index contributed by atoms with van der Waals surface area (Å²) in [6.07, 6.45) is 0. The van der Waals surface area contributed by atoms with Gasteiger partial charge in [-0.3, -0.25) is 4.55 Å². The van der Waals surface area contributed by atoms with Crippen molar-refractivity contribution >= 4 is 16.4 Å². The van der Waals surface area contributed by atoms with E-state index in [4.69, 9.17) is 4.55 Å². The van der Waals surface area contributed by atoms with Crippen molar-refractivity contribution in [3.63, 3.8) is 0 Å². The van der Waals surface area contributed by atoms with Crippen molar-refractivity contribution < 1.29 is 18.3 Å². The van der Waals surface area contributed by atoms with Crippen molar-refractivity contribution in [2.45, 2.75) is 6.92 Å². The molecule has 1 aromatic carbocycles. The molecule has 1 atom stereocenters. The molecule has 13 heavy (non-hydrogen) atoms. The molecule has 0 amide bonds. The Morgan fingerprint density at radius 2 is 1.92 bits per heavy atom. The molecule has 1 unspecified atom stereocenters. The van der Waals surface area contributed by atoms with E-state index in [2.05, 4.69) is 4.74 Å². The van der Waals surface area contributed by atoms with Gasteiger partial charge in [0.25, 0.3) is 11.1 Å². The summed E-state index contributed by atoms with van der Waals surface area (Å²) in [6.45, 7) is 1.88. The lowest BCUT2D eigenvalue weighted by Crippen LogP contribution is -2.11. The molecular formula is C8H8O4S. The molecule has 0 saturated heterocycles. The van der Waals surface area contributed by atoms with Crippen LogP contribution in [0.5, 0.6) is 5.75 Å². The van der Waals surface area contributed by atoms with E-state index in [1.54, 1.807) is 24.3 Å². The topological polar surface area (TPSA) is 63.6 Å². The van der Waals surface area contributed by atoms with Gasteiger partial charge in [0.1, 0.15) is 5.75 Å². The third-order valence-corrected chi connectivity index (χ3v) is 1.73. The molecule has 0 aliphatic heterocycles. The first-order valence-electron chi connectivity index (χ1n) is 3.49. The van der Waals surface area contributed by atoms with Crippen molar-refractivity contribution in [2.75, 3.05) is 0 Å². The minimum absolute atomic E-state index is 0.262. The number of ether oxygens (including phenoxy) is 1. The SMILES string of the molecule is Cc1ccc(OC(=O)S(=O)O)cc1. The number of carbonyl (C=O) groups is 1. The zero-order valence-corrected chi connectivity index (χ0v) is 7.71. The van der Waals surface area contributed by atoms with Crippen LogP contribution in [-0.2, 0) is 11.1 Å². The summed E-state index contributed by atoms with van der Waals surface area (Å²) in [4.78, 5) is 10.6. The van der Waals surface area contributed by atoms with Gasteiger partial charge in [0.15, 0.2) is 0 Å². The minimum Gasteiger partial charge on any atom is -0.415 e. The molecule has 0 bridgehead atoms. The second kappa shape index (κ2) is 4.15. The maximum atomic E-state index is 10.6. The van der Waals surface area contributed by atoms with Gasteiger partial charge >= 0.3 is 5.30 Å². The van der Waals surface area contributed by atoms with Gasteiger partial charge in [0.2, 0.25) is 0 Å². The lowest BCUT2D eigenvalue weighted by molar-refractivity contribution is 0.223. The largest absolute Gasteiger partial charge is 0.430 e. The van der Waals surface area contributed by atoms with Crippen LogP contribution in [0.2, 0.25) is 0 Å². The molecule has 0 aromatic heterocycles. The maximum Gasteiger partial charge on any atom is 0.430 e. The normalized spacial score (nSPS) is 12.2. The van der Waals surface area contributed by atoms with Crippen LogP contribution in [0.3, 0.4) is 0 Å². The zero-order valence-electron chi connectivity index (χ0n) is 6.89. The van der Waals surface area contributed by atoms with Crippen LogP contribution in [-0.4, -0.2) is 14.1 Å². The highest BCUT2D eigenvalue weighted by atomic mass is 32.2. The fourth-order valence-electron chi connectivity index (χ4n) is 0.738. The second-order valence-electron chi connectivity index (χ2n) is 2.41. The Labute approximate surface area is 77.8 Å². The predicted molar refractivity (Wildman–Crippen MR) is 48.0 cm³/mol. The summed E-state index contributed by atoms with van der Waals surface area (Å²) in [5, 5.41) is -1.16. The molecule has 1 rings (SSSR count). The molecule has 1 aromatic rings. The van der Waals surface area contributed by atoms with Crippen LogP contribution in [0.15, 0.2) is 24.3 Å². The molecule has 0 heterocycles. The van der Waals surface area contributed by atoms with E-state index in [-0.39, 0.29) is 5.75 Å². The summed E-state index contributed by atoms with van der Waals surface area (Å²) in [5.74, 6) is 0.262. The fraction of sp³-hybridized carbons (Fsp3) is 0.125. The number of aryl methyl sites for hydroxylation is 1. The van der Waals surface area contributed by atoms with Crippen LogP contribution in [0.4, 0.5) is 4.79 Å². The van der Waals surface area contributed by atoms with Gasteiger partial charge in [-0.15, -0.1) is 0 Å². The molecule has 70 valence electrons. The molecule has 0 radical (unpaired) electrons. The molecule has 4 nitrogen and oxygen atoms in total. The van der Waals surface area contributed by atoms with Crippen molar-refractivity contribution in [3.8, 4) is 5.75 Å². The number of hydrogen-bond donors (Lipinski definition) is 1. The summed E-state index contributed by atoms with van der Waals surface area (Å²) in [5.41, 5.74) is 1.02. The van der Waals surface area contributed by atoms with Gasteiger partial charge in [-0.25, -0.2) is 9.00 Å². The van der Waals surface area contributed by atoms with Gasteiger partial charge in [-0.1, -0.05) is 17.7 Å². The van der Waals surface area contributed by atoms with Crippen LogP contribution >= 0.6 is 0 Å². The third kappa shape index (κ3) is 2.96. The molecule has 0 aliphatic carbocycles. The Morgan fingerprint density at radius 1 is 1.38 bits per heavy atom. The number of rotatable bonds is 1. The van der Waals surface area contributed by atoms with E-state index in [1.807, 2.05) is 6.92 Å². The van der Waals surface area contributed by atoms with Crippen LogP contribution < -0.4 is 4.74 Å². The summed E-state index contributed by atoms with van der Waals surface area (Å²) >= 11 is -2.58. The Kier molecular flexibility index (Phi) is 3.16. The standard InChI is InChI=1S/C8H8O4S/c1-6-2-4-7(5-3-6)12-8(9)13(10)11/h2-5H,1H3,(H,10,11). The molecule has 0 fully saturated rings. The van der Waals surface area contributed by atoms with Crippen LogP contribution in [0.1, 0.15) is 5.56 Å². The number of benzene rings is 1. The highest BCUT2D eigenvalue weighted by Gasteiger charge is 2.10. The molecule has 0 spiro atoms. The lowest BCUT2D eigenvalue weighted by Gasteiger charge is -2.00. The zero-order chi connectivity index (χ0) is 9.84. The number of hydrogen-bond acceptors (Lipinski definition) is 3.